The third-order valence-electron chi connectivity index (χ3n) is 3.67. The molecule has 1 aliphatic rings. The lowest BCUT2D eigenvalue weighted by Crippen LogP contribution is -2.49. The topological polar surface area (TPSA) is 106 Å². The first-order valence-corrected chi connectivity index (χ1v) is 7.97. The van der Waals surface area contributed by atoms with E-state index in [0.717, 1.165) is 25.7 Å². The average Bonchev–Trinajstić information content (AvgIpc) is 2.86. The Morgan fingerprint density at radius 3 is 2.53 bits per heavy atom. The Labute approximate surface area is 113 Å². The molecule has 0 amide bonds. The molecule has 7 heteroatoms. The number of furan rings is 1. The fourth-order valence-electron chi connectivity index (χ4n) is 2.50. The van der Waals surface area contributed by atoms with Crippen molar-refractivity contribution in [2.75, 3.05) is 6.61 Å². The molecule has 1 saturated carbocycles. The normalized spacial score (nSPS) is 19.5. The highest BCUT2D eigenvalue weighted by molar-refractivity contribution is 7.89. The van der Waals surface area contributed by atoms with E-state index in [0.29, 0.717) is 12.3 Å². The lowest BCUT2D eigenvalue weighted by Gasteiger charge is -2.36. The van der Waals surface area contributed by atoms with Crippen molar-refractivity contribution >= 4 is 10.0 Å². The highest BCUT2D eigenvalue weighted by Gasteiger charge is 2.30. The number of rotatable bonds is 5. The van der Waals surface area contributed by atoms with Gasteiger partial charge in [-0.1, -0.05) is 19.3 Å². The third-order valence-corrected chi connectivity index (χ3v) is 4.45. The zero-order chi connectivity index (χ0) is 13.9. The van der Waals surface area contributed by atoms with Crippen LogP contribution in [-0.4, -0.2) is 25.7 Å². The van der Waals surface area contributed by atoms with E-state index in [-0.39, 0.29) is 17.2 Å². The van der Waals surface area contributed by atoms with E-state index in [4.69, 9.17) is 9.56 Å². The van der Waals surface area contributed by atoms with Crippen molar-refractivity contribution in [1.29, 1.82) is 0 Å². The molecular weight excluding hydrogens is 268 g/mol. The largest absolute Gasteiger partial charge is 0.447 e. The Kier molecular flexibility index (Phi) is 4.29. The number of primary sulfonamides is 1. The molecule has 0 aromatic carbocycles. The summed E-state index contributed by atoms with van der Waals surface area (Å²) >= 11 is 0. The maximum absolute atomic E-state index is 11.1. The van der Waals surface area contributed by atoms with Crippen LogP contribution in [0.3, 0.4) is 0 Å². The van der Waals surface area contributed by atoms with Crippen LogP contribution in [0.5, 0.6) is 0 Å². The van der Waals surface area contributed by atoms with Crippen LogP contribution in [0.2, 0.25) is 0 Å². The molecule has 1 fully saturated rings. The first kappa shape index (κ1) is 14.5. The van der Waals surface area contributed by atoms with E-state index in [1.165, 1.54) is 12.5 Å². The predicted octanol–water partition coefficient (Wildman–Crippen LogP) is 0.712. The van der Waals surface area contributed by atoms with Gasteiger partial charge in [0.25, 0.3) is 10.0 Å². The van der Waals surface area contributed by atoms with Gasteiger partial charge < -0.3 is 14.8 Å². The number of sulfonamides is 1. The summed E-state index contributed by atoms with van der Waals surface area (Å²) in [7, 11) is -3.79. The minimum atomic E-state index is -3.79. The van der Waals surface area contributed by atoms with Crippen LogP contribution in [0.15, 0.2) is 21.6 Å². The zero-order valence-electron chi connectivity index (χ0n) is 10.8. The lowest BCUT2D eigenvalue weighted by molar-refractivity contribution is 0.117. The van der Waals surface area contributed by atoms with Crippen molar-refractivity contribution in [3.8, 4) is 0 Å². The van der Waals surface area contributed by atoms with Gasteiger partial charge in [-0.15, -0.1) is 0 Å². The molecule has 6 nitrogen and oxygen atoms in total. The number of aliphatic hydroxyl groups excluding tert-OH is 1. The number of nitrogens with one attached hydrogen (secondary N) is 1. The number of nitrogens with two attached hydrogens (primary N) is 1. The summed E-state index contributed by atoms with van der Waals surface area (Å²) in [4.78, 5) is 0. The van der Waals surface area contributed by atoms with Crippen molar-refractivity contribution in [3.63, 3.8) is 0 Å². The summed E-state index contributed by atoms with van der Waals surface area (Å²) in [5.41, 5.74) is -0.271. The molecule has 0 radical (unpaired) electrons. The van der Waals surface area contributed by atoms with Gasteiger partial charge in [-0.2, -0.15) is 0 Å². The molecule has 2 rings (SSSR count). The van der Waals surface area contributed by atoms with E-state index in [2.05, 4.69) is 5.32 Å². The summed E-state index contributed by atoms with van der Waals surface area (Å²) in [5, 5.41) is 17.6. The molecule has 0 atom stereocenters. The maximum atomic E-state index is 11.1. The predicted molar refractivity (Wildman–Crippen MR) is 69.8 cm³/mol. The summed E-state index contributed by atoms with van der Waals surface area (Å²) in [5.74, 6) is 0.502. The van der Waals surface area contributed by atoms with Crippen molar-refractivity contribution in [2.45, 2.75) is 49.3 Å². The second kappa shape index (κ2) is 5.62. The Morgan fingerprint density at radius 2 is 2.00 bits per heavy atom. The van der Waals surface area contributed by atoms with Gasteiger partial charge in [0.1, 0.15) is 5.76 Å². The Hall–Kier alpha value is -0.890. The van der Waals surface area contributed by atoms with Crippen LogP contribution in [0, 0.1) is 0 Å². The van der Waals surface area contributed by atoms with E-state index in [9.17, 15) is 13.5 Å². The summed E-state index contributed by atoms with van der Waals surface area (Å²) in [6, 6.07) is 2.93. The molecule has 1 aromatic heterocycles. The second-order valence-electron chi connectivity index (χ2n) is 5.12. The SMILES string of the molecule is NS(=O)(=O)c1ccc(CNC2(CO)CCCCC2)o1. The lowest BCUT2D eigenvalue weighted by atomic mass is 9.82. The fourth-order valence-corrected chi connectivity index (χ4v) is 2.98. The first-order chi connectivity index (χ1) is 8.95. The molecule has 108 valence electrons. The van der Waals surface area contributed by atoms with E-state index >= 15 is 0 Å². The Morgan fingerprint density at radius 1 is 1.32 bits per heavy atom. The fraction of sp³-hybridized carbons (Fsp3) is 0.667. The summed E-state index contributed by atoms with van der Waals surface area (Å²) in [6.45, 7) is 0.464. The molecule has 0 unspecified atom stereocenters. The van der Waals surface area contributed by atoms with Gasteiger partial charge in [0.2, 0.25) is 5.09 Å². The van der Waals surface area contributed by atoms with Crippen molar-refractivity contribution in [3.05, 3.63) is 17.9 Å². The smallest absolute Gasteiger partial charge is 0.271 e. The molecule has 1 heterocycles. The maximum Gasteiger partial charge on any atom is 0.271 e. The molecule has 0 aliphatic heterocycles. The van der Waals surface area contributed by atoms with Crippen molar-refractivity contribution in [1.82, 2.24) is 5.32 Å². The van der Waals surface area contributed by atoms with Crippen LogP contribution in [0.1, 0.15) is 37.9 Å². The van der Waals surface area contributed by atoms with Gasteiger partial charge >= 0.3 is 0 Å². The third kappa shape index (κ3) is 3.56. The van der Waals surface area contributed by atoms with Crippen molar-refractivity contribution in [2.24, 2.45) is 5.14 Å². The number of hydrogen-bond donors (Lipinski definition) is 3. The Bertz CT molecular complexity index is 518. The molecule has 4 N–H and O–H groups in total. The van der Waals surface area contributed by atoms with Gasteiger partial charge in [0, 0.05) is 5.54 Å². The standard InChI is InChI=1S/C12H20N2O4S/c13-19(16,17)11-5-4-10(18-11)8-14-12(9-15)6-2-1-3-7-12/h4-5,14-15H,1-3,6-9H2,(H2,13,16,17). The zero-order valence-corrected chi connectivity index (χ0v) is 11.6. The quantitative estimate of drug-likeness (QED) is 0.740. The summed E-state index contributed by atoms with van der Waals surface area (Å²) in [6.07, 6.45) is 5.22. The molecule has 0 saturated heterocycles. The highest BCUT2D eigenvalue weighted by atomic mass is 32.2. The number of aliphatic hydroxyl groups is 1. The van der Waals surface area contributed by atoms with Crippen LogP contribution in [0.4, 0.5) is 0 Å². The molecule has 1 aromatic rings. The van der Waals surface area contributed by atoms with E-state index in [1.807, 2.05) is 0 Å². The minimum absolute atomic E-state index is 0.0791. The van der Waals surface area contributed by atoms with Gasteiger partial charge in [-0.25, -0.2) is 13.6 Å². The average molecular weight is 288 g/mol. The number of hydrogen-bond acceptors (Lipinski definition) is 5. The van der Waals surface area contributed by atoms with E-state index in [1.54, 1.807) is 6.07 Å². The van der Waals surface area contributed by atoms with E-state index < -0.39 is 10.0 Å². The first-order valence-electron chi connectivity index (χ1n) is 6.43. The minimum Gasteiger partial charge on any atom is -0.447 e. The molecule has 0 bridgehead atoms. The monoisotopic (exact) mass is 288 g/mol. The van der Waals surface area contributed by atoms with Crippen LogP contribution < -0.4 is 10.5 Å². The summed E-state index contributed by atoms with van der Waals surface area (Å²) < 4.78 is 27.4. The van der Waals surface area contributed by atoms with Crippen LogP contribution in [0.25, 0.3) is 0 Å². The van der Waals surface area contributed by atoms with Crippen LogP contribution >= 0.6 is 0 Å². The van der Waals surface area contributed by atoms with Gasteiger partial charge in [-0.3, -0.25) is 0 Å². The van der Waals surface area contributed by atoms with Crippen molar-refractivity contribution < 1.29 is 17.9 Å². The Balaban J connectivity index is 1.99. The van der Waals surface area contributed by atoms with Gasteiger partial charge in [0.05, 0.1) is 13.2 Å². The van der Waals surface area contributed by atoms with Gasteiger partial charge in [-0.05, 0) is 25.0 Å². The molecule has 19 heavy (non-hydrogen) atoms. The second-order valence-corrected chi connectivity index (χ2v) is 6.61. The van der Waals surface area contributed by atoms with Gasteiger partial charge in [0.15, 0.2) is 0 Å². The van der Waals surface area contributed by atoms with Crippen LogP contribution in [-0.2, 0) is 16.6 Å². The molecule has 0 spiro atoms. The highest BCUT2D eigenvalue weighted by Crippen LogP contribution is 2.28. The molecular formula is C12H20N2O4S. The molecule has 1 aliphatic carbocycles.